The fourth-order valence-corrected chi connectivity index (χ4v) is 1.55. The number of thiocarbonyl (C=S) groups is 1. The van der Waals surface area contributed by atoms with Crippen molar-refractivity contribution in [3.63, 3.8) is 0 Å². The lowest BCUT2D eigenvalue weighted by Crippen LogP contribution is -2.19. The lowest BCUT2D eigenvalue weighted by atomic mass is 10.3. The summed E-state index contributed by atoms with van der Waals surface area (Å²) in [5, 5.41) is 12.7. The minimum atomic E-state index is 0.457. The van der Waals surface area contributed by atoms with Crippen LogP contribution in [0.4, 0.5) is 11.6 Å². The van der Waals surface area contributed by atoms with Gasteiger partial charge in [0.05, 0.1) is 0 Å². The third-order valence-corrected chi connectivity index (χ3v) is 2.48. The largest absolute Gasteiger partial charge is 0.332 e. The Morgan fingerprint density at radius 1 is 1.25 bits per heavy atom. The van der Waals surface area contributed by atoms with E-state index in [4.69, 9.17) is 12.2 Å². The Balaban J connectivity index is 1.95. The van der Waals surface area contributed by atoms with Crippen molar-refractivity contribution in [2.45, 2.75) is 0 Å². The van der Waals surface area contributed by atoms with Crippen LogP contribution in [0.3, 0.4) is 0 Å². The van der Waals surface area contributed by atoms with Crippen LogP contribution in [0.25, 0.3) is 0 Å². The zero-order valence-corrected chi connectivity index (χ0v) is 10.5. The van der Waals surface area contributed by atoms with E-state index in [1.54, 1.807) is 0 Å². The number of benzene rings is 1. The first-order chi connectivity index (χ1) is 7.74. The minimum absolute atomic E-state index is 0.457. The smallest absolute Gasteiger partial charge is 0.224 e. The Kier molecular flexibility index (Phi) is 3.47. The van der Waals surface area contributed by atoms with Gasteiger partial charge in [0.15, 0.2) is 5.11 Å². The SMILES string of the molecule is S=C(Nc1ccc(Br)cc1)Nc1ncn[nH]1. The number of aromatic nitrogens is 3. The fourth-order valence-electron chi connectivity index (χ4n) is 1.07. The van der Waals surface area contributed by atoms with Crippen molar-refractivity contribution in [3.05, 3.63) is 35.1 Å². The molecule has 1 heterocycles. The van der Waals surface area contributed by atoms with Gasteiger partial charge in [0.2, 0.25) is 5.95 Å². The van der Waals surface area contributed by atoms with Gasteiger partial charge in [0.25, 0.3) is 0 Å². The van der Waals surface area contributed by atoms with E-state index < -0.39 is 0 Å². The highest BCUT2D eigenvalue weighted by Crippen LogP contribution is 2.14. The minimum Gasteiger partial charge on any atom is -0.332 e. The molecule has 0 amide bonds. The van der Waals surface area contributed by atoms with Gasteiger partial charge in [0.1, 0.15) is 6.33 Å². The molecule has 16 heavy (non-hydrogen) atoms. The van der Waals surface area contributed by atoms with E-state index in [9.17, 15) is 0 Å². The van der Waals surface area contributed by atoms with Gasteiger partial charge in [-0.25, -0.2) is 5.10 Å². The van der Waals surface area contributed by atoms with E-state index in [1.165, 1.54) is 6.33 Å². The molecule has 1 aromatic carbocycles. The van der Waals surface area contributed by atoms with Crippen molar-refractivity contribution in [1.82, 2.24) is 15.2 Å². The third-order valence-electron chi connectivity index (χ3n) is 1.75. The first-order valence-corrected chi connectivity index (χ1v) is 5.63. The molecule has 2 rings (SSSR count). The van der Waals surface area contributed by atoms with Crippen LogP contribution in [-0.4, -0.2) is 20.3 Å². The summed E-state index contributed by atoms with van der Waals surface area (Å²) in [4.78, 5) is 3.90. The van der Waals surface area contributed by atoms with Crippen molar-refractivity contribution in [1.29, 1.82) is 0 Å². The Bertz CT molecular complexity index is 467. The topological polar surface area (TPSA) is 65.6 Å². The summed E-state index contributed by atoms with van der Waals surface area (Å²) in [5.41, 5.74) is 0.903. The molecule has 7 heteroatoms. The van der Waals surface area contributed by atoms with Crippen LogP contribution in [-0.2, 0) is 0 Å². The summed E-state index contributed by atoms with van der Waals surface area (Å²) in [6.07, 6.45) is 1.41. The predicted molar refractivity (Wildman–Crippen MR) is 70.4 cm³/mol. The van der Waals surface area contributed by atoms with Gasteiger partial charge < -0.3 is 10.6 Å². The van der Waals surface area contributed by atoms with Gasteiger partial charge in [-0.1, -0.05) is 15.9 Å². The molecular formula is C9H8BrN5S. The molecule has 82 valence electrons. The second-order valence-electron chi connectivity index (χ2n) is 2.92. The second-order valence-corrected chi connectivity index (χ2v) is 4.24. The standard InChI is InChI=1S/C9H8BrN5S/c10-6-1-3-7(4-2-6)13-9(16)14-8-11-5-12-15-8/h1-5H,(H3,11,12,13,14,15,16). The van der Waals surface area contributed by atoms with Crippen LogP contribution in [0.1, 0.15) is 0 Å². The van der Waals surface area contributed by atoms with E-state index in [1.807, 2.05) is 24.3 Å². The van der Waals surface area contributed by atoms with E-state index in [2.05, 4.69) is 41.7 Å². The molecule has 5 nitrogen and oxygen atoms in total. The van der Waals surface area contributed by atoms with E-state index in [0.717, 1.165) is 10.2 Å². The zero-order valence-electron chi connectivity index (χ0n) is 8.07. The first kappa shape index (κ1) is 11.0. The molecule has 0 unspecified atom stereocenters. The summed E-state index contributed by atoms with van der Waals surface area (Å²) < 4.78 is 1.02. The maximum atomic E-state index is 5.10. The molecule has 0 bridgehead atoms. The van der Waals surface area contributed by atoms with Crippen molar-refractivity contribution >= 4 is 44.9 Å². The number of aromatic amines is 1. The van der Waals surface area contributed by atoms with Gasteiger partial charge in [-0.2, -0.15) is 10.1 Å². The Labute approximate surface area is 106 Å². The number of hydrogen-bond donors (Lipinski definition) is 3. The Hall–Kier alpha value is -1.47. The highest BCUT2D eigenvalue weighted by atomic mass is 79.9. The molecule has 0 aliphatic heterocycles. The summed E-state index contributed by atoms with van der Waals surface area (Å²) in [6.45, 7) is 0. The van der Waals surface area contributed by atoms with Crippen LogP contribution in [0, 0.1) is 0 Å². The van der Waals surface area contributed by atoms with Crippen LogP contribution in [0.15, 0.2) is 35.1 Å². The average Bonchev–Trinajstić information content (AvgIpc) is 2.74. The molecule has 0 fully saturated rings. The highest BCUT2D eigenvalue weighted by molar-refractivity contribution is 9.10. The molecule has 0 aliphatic rings. The molecule has 3 N–H and O–H groups in total. The highest BCUT2D eigenvalue weighted by Gasteiger charge is 2.00. The molecule has 0 aliphatic carbocycles. The molecule has 2 aromatic rings. The Morgan fingerprint density at radius 3 is 2.62 bits per heavy atom. The third kappa shape index (κ3) is 3.01. The number of H-pyrrole nitrogens is 1. The van der Waals surface area contributed by atoms with Gasteiger partial charge in [0, 0.05) is 10.2 Å². The predicted octanol–water partition coefficient (Wildman–Crippen LogP) is 2.38. The van der Waals surface area contributed by atoms with E-state index >= 15 is 0 Å². The van der Waals surface area contributed by atoms with Crippen molar-refractivity contribution in [2.75, 3.05) is 10.6 Å². The summed E-state index contributed by atoms with van der Waals surface area (Å²) in [7, 11) is 0. The zero-order chi connectivity index (χ0) is 11.4. The molecule has 0 saturated carbocycles. The van der Waals surface area contributed by atoms with Gasteiger partial charge in [-0.15, -0.1) is 0 Å². The van der Waals surface area contributed by atoms with Crippen LogP contribution >= 0.6 is 28.1 Å². The first-order valence-electron chi connectivity index (χ1n) is 4.43. The monoisotopic (exact) mass is 297 g/mol. The summed E-state index contributed by atoms with van der Waals surface area (Å²) in [5.74, 6) is 0.509. The van der Waals surface area contributed by atoms with Crippen LogP contribution in [0.5, 0.6) is 0 Å². The van der Waals surface area contributed by atoms with Crippen molar-refractivity contribution < 1.29 is 0 Å². The van der Waals surface area contributed by atoms with Crippen LogP contribution < -0.4 is 10.6 Å². The summed E-state index contributed by atoms with van der Waals surface area (Å²) >= 11 is 8.46. The maximum Gasteiger partial charge on any atom is 0.224 e. The van der Waals surface area contributed by atoms with Gasteiger partial charge in [-0.05, 0) is 36.5 Å². The van der Waals surface area contributed by atoms with Crippen LogP contribution in [0.2, 0.25) is 0 Å². The molecule has 1 aromatic heterocycles. The van der Waals surface area contributed by atoms with Crippen molar-refractivity contribution in [3.8, 4) is 0 Å². The number of rotatable bonds is 2. The average molecular weight is 298 g/mol. The lowest BCUT2D eigenvalue weighted by molar-refractivity contribution is 1.10. The number of hydrogen-bond acceptors (Lipinski definition) is 3. The normalized spacial score (nSPS) is 9.81. The molecular weight excluding hydrogens is 290 g/mol. The fraction of sp³-hybridized carbons (Fsp3) is 0. The number of nitrogens with zero attached hydrogens (tertiary/aromatic N) is 2. The second kappa shape index (κ2) is 5.04. The molecule has 0 spiro atoms. The van der Waals surface area contributed by atoms with E-state index in [0.29, 0.717) is 11.1 Å². The van der Waals surface area contributed by atoms with Gasteiger partial charge >= 0.3 is 0 Å². The maximum absolute atomic E-state index is 5.10. The summed E-state index contributed by atoms with van der Waals surface area (Å²) in [6, 6.07) is 7.69. The molecule has 0 atom stereocenters. The lowest BCUT2D eigenvalue weighted by Gasteiger charge is -2.07. The quantitative estimate of drug-likeness (QED) is 0.743. The molecule has 0 saturated heterocycles. The van der Waals surface area contributed by atoms with Crippen molar-refractivity contribution in [2.24, 2.45) is 0 Å². The number of nitrogens with one attached hydrogen (secondary N) is 3. The molecule has 0 radical (unpaired) electrons. The van der Waals surface area contributed by atoms with Gasteiger partial charge in [-0.3, -0.25) is 0 Å². The number of anilines is 2. The Morgan fingerprint density at radius 2 is 2.00 bits per heavy atom. The van der Waals surface area contributed by atoms with E-state index in [-0.39, 0.29) is 0 Å². The number of halogens is 1.